The molecule has 2 amide bonds. The van der Waals surface area contributed by atoms with Crippen molar-refractivity contribution in [2.24, 2.45) is 5.92 Å². The molecule has 0 radical (unpaired) electrons. The quantitative estimate of drug-likeness (QED) is 0.859. The molecule has 0 bridgehead atoms. The van der Waals surface area contributed by atoms with Crippen molar-refractivity contribution in [3.8, 4) is 5.75 Å². The lowest BCUT2D eigenvalue weighted by atomic mass is 9.89. The molecular weight excluding hydrogens is 252 g/mol. The molecule has 0 unspecified atom stereocenters. The van der Waals surface area contributed by atoms with Crippen molar-refractivity contribution < 1.29 is 9.53 Å². The van der Waals surface area contributed by atoms with Crippen LogP contribution in [0.1, 0.15) is 39.0 Å². The van der Waals surface area contributed by atoms with Gasteiger partial charge in [0.15, 0.2) is 0 Å². The van der Waals surface area contributed by atoms with Gasteiger partial charge in [-0.2, -0.15) is 0 Å². The van der Waals surface area contributed by atoms with E-state index in [0.717, 1.165) is 12.2 Å². The van der Waals surface area contributed by atoms with Crippen molar-refractivity contribution in [2.75, 3.05) is 18.5 Å². The molecule has 0 aromatic heterocycles. The van der Waals surface area contributed by atoms with Gasteiger partial charge in [-0.05, 0) is 37.8 Å². The van der Waals surface area contributed by atoms with Gasteiger partial charge < -0.3 is 15.4 Å². The highest BCUT2D eigenvalue weighted by atomic mass is 16.5. The van der Waals surface area contributed by atoms with E-state index in [2.05, 4.69) is 10.6 Å². The lowest BCUT2D eigenvalue weighted by Gasteiger charge is -2.22. The maximum absolute atomic E-state index is 11.9. The van der Waals surface area contributed by atoms with Crippen molar-refractivity contribution in [3.05, 3.63) is 24.3 Å². The molecular formula is C16H24N2O2. The van der Waals surface area contributed by atoms with E-state index >= 15 is 0 Å². The van der Waals surface area contributed by atoms with Gasteiger partial charge >= 0.3 is 6.03 Å². The van der Waals surface area contributed by atoms with Crippen molar-refractivity contribution in [3.63, 3.8) is 0 Å². The number of urea groups is 1. The van der Waals surface area contributed by atoms with E-state index in [1.54, 1.807) is 0 Å². The maximum Gasteiger partial charge on any atom is 0.319 e. The SMILES string of the molecule is CCOc1ccccc1NC(=O)NCC1CCCCC1. The number of carbonyl (C=O) groups is 1. The van der Waals surface area contributed by atoms with Crippen LogP contribution < -0.4 is 15.4 Å². The highest BCUT2D eigenvalue weighted by Crippen LogP contribution is 2.24. The fourth-order valence-electron chi connectivity index (χ4n) is 2.65. The van der Waals surface area contributed by atoms with Crippen LogP contribution in [0.3, 0.4) is 0 Å². The van der Waals surface area contributed by atoms with Crippen LogP contribution in [0.25, 0.3) is 0 Å². The molecule has 0 saturated heterocycles. The van der Waals surface area contributed by atoms with Crippen LogP contribution in [0, 0.1) is 5.92 Å². The predicted octanol–water partition coefficient (Wildman–Crippen LogP) is 3.79. The Morgan fingerprint density at radius 1 is 1.25 bits per heavy atom. The predicted molar refractivity (Wildman–Crippen MR) is 81.2 cm³/mol. The summed E-state index contributed by atoms with van der Waals surface area (Å²) in [5.74, 6) is 1.35. The van der Waals surface area contributed by atoms with Gasteiger partial charge in [0.25, 0.3) is 0 Å². The molecule has 2 rings (SSSR count). The Balaban J connectivity index is 1.81. The van der Waals surface area contributed by atoms with E-state index in [1.165, 1.54) is 32.1 Å². The molecule has 1 aliphatic rings. The van der Waals surface area contributed by atoms with E-state index in [1.807, 2.05) is 31.2 Å². The number of ether oxygens (including phenoxy) is 1. The lowest BCUT2D eigenvalue weighted by molar-refractivity contribution is 0.247. The average molecular weight is 276 g/mol. The summed E-state index contributed by atoms with van der Waals surface area (Å²) in [6.45, 7) is 3.28. The Bertz CT molecular complexity index is 428. The highest BCUT2D eigenvalue weighted by molar-refractivity contribution is 5.90. The first-order valence-electron chi connectivity index (χ1n) is 7.56. The molecule has 20 heavy (non-hydrogen) atoms. The smallest absolute Gasteiger partial charge is 0.319 e. The van der Waals surface area contributed by atoms with Gasteiger partial charge in [-0.25, -0.2) is 4.79 Å². The van der Waals surface area contributed by atoms with Crippen LogP contribution in [0.2, 0.25) is 0 Å². The second-order valence-electron chi connectivity index (χ2n) is 5.27. The van der Waals surface area contributed by atoms with Gasteiger partial charge in [0, 0.05) is 6.54 Å². The lowest BCUT2D eigenvalue weighted by Crippen LogP contribution is -2.33. The zero-order valence-electron chi connectivity index (χ0n) is 12.2. The Morgan fingerprint density at radius 2 is 2.00 bits per heavy atom. The number of nitrogens with one attached hydrogen (secondary N) is 2. The van der Waals surface area contributed by atoms with E-state index < -0.39 is 0 Å². The van der Waals surface area contributed by atoms with E-state index in [9.17, 15) is 4.79 Å². The normalized spacial score (nSPS) is 15.7. The molecule has 1 aromatic carbocycles. The number of carbonyl (C=O) groups excluding carboxylic acids is 1. The van der Waals surface area contributed by atoms with Gasteiger partial charge in [-0.15, -0.1) is 0 Å². The summed E-state index contributed by atoms with van der Waals surface area (Å²) in [6, 6.07) is 7.35. The first kappa shape index (κ1) is 14.7. The summed E-state index contributed by atoms with van der Waals surface area (Å²) < 4.78 is 5.49. The van der Waals surface area contributed by atoms with Gasteiger partial charge in [-0.3, -0.25) is 0 Å². The van der Waals surface area contributed by atoms with E-state index in [-0.39, 0.29) is 6.03 Å². The molecule has 2 N–H and O–H groups in total. The van der Waals surface area contributed by atoms with E-state index in [0.29, 0.717) is 18.3 Å². The molecule has 1 saturated carbocycles. The second-order valence-corrected chi connectivity index (χ2v) is 5.27. The van der Waals surface area contributed by atoms with Crippen LogP contribution in [0.15, 0.2) is 24.3 Å². The topological polar surface area (TPSA) is 50.4 Å². The van der Waals surface area contributed by atoms with Crippen molar-refractivity contribution >= 4 is 11.7 Å². The van der Waals surface area contributed by atoms with Gasteiger partial charge in [0.05, 0.1) is 12.3 Å². The number of hydrogen-bond acceptors (Lipinski definition) is 2. The maximum atomic E-state index is 11.9. The molecule has 0 atom stereocenters. The number of rotatable bonds is 5. The number of amides is 2. The third-order valence-corrected chi connectivity index (χ3v) is 3.71. The first-order chi connectivity index (χ1) is 9.79. The molecule has 4 nitrogen and oxygen atoms in total. The van der Waals surface area contributed by atoms with Crippen molar-refractivity contribution in [1.29, 1.82) is 0 Å². The van der Waals surface area contributed by atoms with Crippen LogP contribution in [-0.4, -0.2) is 19.2 Å². The van der Waals surface area contributed by atoms with Crippen molar-refractivity contribution in [2.45, 2.75) is 39.0 Å². The van der Waals surface area contributed by atoms with Gasteiger partial charge in [0.2, 0.25) is 0 Å². The third kappa shape index (κ3) is 4.44. The summed E-state index contributed by atoms with van der Waals surface area (Å²) in [4.78, 5) is 11.9. The highest BCUT2D eigenvalue weighted by Gasteiger charge is 2.14. The van der Waals surface area contributed by atoms with Crippen LogP contribution in [0.5, 0.6) is 5.75 Å². The molecule has 4 heteroatoms. The number of para-hydroxylation sites is 2. The van der Waals surface area contributed by atoms with Crippen molar-refractivity contribution in [1.82, 2.24) is 5.32 Å². The number of anilines is 1. The molecule has 0 aliphatic heterocycles. The third-order valence-electron chi connectivity index (χ3n) is 3.71. The first-order valence-corrected chi connectivity index (χ1v) is 7.56. The van der Waals surface area contributed by atoms with Crippen LogP contribution in [-0.2, 0) is 0 Å². The largest absolute Gasteiger partial charge is 0.492 e. The minimum Gasteiger partial charge on any atom is -0.492 e. The second kappa shape index (κ2) is 7.78. The molecule has 1 aromatic rings. The minimum absolute atomic E-state index is 0.150. The standard InChI is InChI=1S/C16H24N2O2/c1-2-20-15-11-7-6-10-14(15)18-16(19)17-12-13-8-4-3-5-9-13/h6-7,10-11,13H,2-5,8-9,12H2,1H3,(H2,17,18,19). The Hall–Kier alpha value is -1.71. The Kier molecular flexibility index (Phi) is 5.71. The van der Waals surface area contributed by atoms with Crippen LogP contribution in [0.4, 0.5) is 10.5 Å². The summed E-state index contributed by atoms with van der Waals surface area (Å²) in [5, 5.41) is 5.82. The number of hydrogen-bond donors (Lipinski definition) is 2. The van der Waals surface area contributed by atoms with Gasteiger partial charge in [0.1, 0.15) is 5.75 Å². The molecule has 0 heterocycles. The molecule has 1 aliphatic carbocycles. The zero-order chi connectivity index (χ0) is 14.2. The summed E-state index contributed by atoms with van der Waals surface area (Å²) in [5.41, 5.74) is 0.718. The van der Waals surface area contributed by atoms with Gasteiger partial charge in [-0.1, -0.05) is 31.4 Å². The summed E-state index contributed by atoms with van der Waals surface area (Å²) >= 11 is 0. The fraction of sp³-hybridized carbons (Fsp3) is 0.562. The van der Waals surface area contributed by atoms with E-state index in [4.69, 9.17) is 4.74 Å². The minimum atomic E-state index is -0.150. The monoisotopic (exact) mass is 276 g/mol. The Labute approximate surface area is 120 Å². The number of benzene rings is 1. The summed E-state index contributed by atoms with van der Waals surface area (Å²) in [7, 11) is 0. The Morgan fingerprint density at radius 3 is 2.75 bits per heavy atom. The fourth-order valence-corrected chi connectivity index (χ4v) is 2.65. The molecule has 1 fully saturated rings. The van der Waals surface area contributed by atoms with Crippen LogP contribution >= 0.6 is 0 Å². The summed E-state index contributed by atoms with van der Waals surface area (Å²) in [6.07, 6.45) is 6.39. The zero-order valence-corrected chi connectivity index (χ0v) is 12.2. The molecule has 110 valence electrons. The average Bonchev–Trinajstić information content (AvgIpc) is 2.49. The molecule has 0 spiro atoms.